The van der Waals surface area contributed by atoms with E-state index in [2.05, 4.69) is 5.32 Å². The number of carbonyl (C=O) groups excluding carboxylic acids is 2. The molecule has 0 spiro atoms. The number of nitrogens with one attached hydrogen (secondary N) is 1. The molecule has 1 saturated heterocycles. The zero-order chi connectivity index (χ0) is 13.0. The highest BCUT2D eigenvalue weighted by Crippen LogP contribution is 2.16. The maximum absolute atomic E-state index is 11.8. The molecule has 2 N–H and O–H groups in total. The quantitative estimate of drug-likeness (QED) is 0.737. The van der Waals surface area contributed by atoms with E-state index in [1.807, 2.05) is 0 Å². The first kappa shape index (κ1) is 12.4. The zero-order valence-electron chi connectivity index (χ0n) is 10.1. The number of phenols is 1. The van der Waals surface area contributed by atoms with Crippen LogP contribution in [0.4, 0.5) is 5.69 Å². The molecule has 18 heavy (non-hydrogen) atoms. The average Bonchev–Trinajstić information content (AvgIpc) is 2.39. The Hall–Kier alpha value is -2.04. The second-order valence-electron chi connectivity index (χ2n) is 4.36. The minimum absolute atomic E-state index is 0.0539. The molecule has 2 rings (SSSR count). The summed E-state index contributed by atoms with van der Waals surface area (Å²) in [5, 5.41) is 11.8. The Kier molecular flexibility index (Phi) is 3.82. The maximum atomic E-state index is 11.8. The number of aromatic hydroxyl groups is 1. The van der Waals surface area contributed by atoms with E-state index in [0.717, 1.165) is 19.3 Å². The van der Waals surface area contributed by atoms with Crippen molar-refractivity contribution in [1.82, 2.24) is 4.90 Å². The van der Waals surface area contributed by atoms with Gasteiger partial charge in [0.05, 0.1) is 0 Å². The summed E-state index contributed by atoms with van der Waals surface area (Å²) in [6.07, 6.45) is 3.01. The molecule has 1 heterocycles. The van der Waals surface area contributed by atoms with Crippen molar-refractivity contribution in [2.75, 3.05) is 18.4 Å². The molecule has 5 heteroatoms. The molecule has 1 aliphatic rings. The van der Waals surface area contributed by atoms with Crippen LogP contribution in [0.15, 0.2) is 24.3 Å². The summed E-state index contributed by atoms with van der Waals surface area (Å²) >= 11 is 0. The SMILES string of the molecule is O=C(Nc1cccc(O)c1)C(=O)N1CCCCC1. The van der Waals surface area contributed by atoms with Gasteiger partial charge in [-0.15, -0.1) is 0 Å². The number of benzene rings is 1. The van der Waals surface area contributed by atoms with E-state index in [4.69, 9.17) is 0 Å². The molecule has 0 bridgehead atoms. The van der Waals surface area contributed by atoms with Gasteiger partial charge in [-0.3, -0.25) is 9.59 Å². The van der Waals surface area contributed by atoms with Gasteiger partial charge in [0.25, 0.3) is 0 Å². The Morgan fingerprint density at radius 2 is 1.89 bits per heavy atom. The number of hydrogen-bond donors (Lipinski definition) is 2. The molecular weight excluding hydrogens is 232 g/mol. The lowest BCUT2D eigenvalue weighted by Gasteiger charge is -2.25. The number of hydrogen-bond acceptors (Lipinski definition) is 3. The van der Waals surface area contributed by atoms with Crippen LogP contribution in [0.1, 0.15) is 19.3 Å². The lowest BCUT2D eigenvalue weighted by Crippen LogP contribution is -2.42. The third-order valence-corrected chi connectivity index (χ3v) is 2.94. The first-order chi connectivity index (χ1) is 8.66. The highest BCUT2D eigenvalue weighted by atomic mass is 16.3. The number of amides is 2. The van der Waals surface area contributed by atoms with Crippen molar-refractivity contribution in [3.05, 3.63) is 24.3 Å². The largest absolute Gasteiger partial charge is 0.508 e. The fraction of sp³-hybridized carbons (Fsp3) is 0.385. The van der Waals surface area contributed by atoms with Crippen molar-refractivity contribution in [3.63, 3.8) is 0 Å². The molecule has 96 valence electrons. The van der Waals surface area contributed by atoms with Crippen LogP contribution in [0.3, 0.4) is 0 Å². The summed E-state index contributed by atoms with van der Waals surface area (Å²) in [6, 6.07) is 6.14. The van der Waals surface area contributed by atoms with Crippen LogP contribution < -0.4 is 5.32 Å². The van der Waals surface area contributed by atoms with Gasteiger partial charge in [0.2, 0.25) is 0 Å². The van der Waals surface area contributed by atoms with Crippen LogP contribution >= 0.6 is 0 Å². The Bertz CT molecular complexity index is 453. The molecule has 1 aromatic carbocycles. The van der Waals surface area contributed by atoms with Gasteiger partial charge in [0, 0.05) is 24.8 Å². The second kappa shape index (κ2) is 5.53. The van der Waals surface area contributed by atoms with Crippen molar-refractivity contribution >= 4 is 17.5 Å². The van der Waals surface area contributed by atoms with E-state index in [-0.39, 0.29) is 5.75 Å². The average molecular weight is 248 g/mol. The van der Waals surface area contributed by atoms with Gasteiger partial charge in [0.15, 0.2) is 0 Å². The van der Waals surface area contributed by atoms with Crippen molar-refractivity contribution < 1.29 is 14.7 Å². The molecule has 0 aliphatic carbocycles. The topological polar surface area (TPSA) is 69.6 Å². The first-order valence-electron chi connectivity index (χ1n) is 6.06. The van der Waals surface area contributed by atoms with Crippen LogP contribution in [0.5, 0.6) is 5.75 Å². The van der Waals surface area contributed by atoms with Crippen LogP contribution in [0.25, 0.3) is 0 Å². The fourth-order valence-electron chi connectivity index (χ4n) is 2.01. The Labute approximate surface area is 105 Å². The summed E-state index contributed by atoms with van der Waals surface area (Å²) in [6.45, 7) is 1.29. The van der Waals surface area contributed by atoms with Crippen molar-refractivity contribution in [2.24, 2.45) is 0 Å². The molecular formula is C13H16N2O3. The number of likely N-dealkylation sites (tertiary alicyclic amines) is 1. The highest BCUT2D eigenvalue weighted by molar-refractivity contribution is 6.39. The van der Waals surface area contributed by atoms with Gasteiger partial charge < -0.3 is 15.3 Å². The third-order valence-electron chi connectivity index (χ3n) is 2.94. The number of rotatable bonds is 1. The van der Waals surface area contributed by atoms with E-state index >= 15 is 0 Å². The van der Waals surface area contributed by atoms with E-state index in [9.17, 15) is 14.7 Å². The maximum Gasteiger partial charge on any atom is 0.313 e. The smallest absolute Gasteiger partial charge is 0.313 e. The lowest BCUT2D eigenvalue weighted by atomic mass is 10.1. The number of phenolic OH excluding ortho intramolecular Hbond substituents is 1. The summed E-state index contributed by atoms with van der Waals surface area (Å²) in [4.78, 5) is 25.1. The van der Waals surface area contributed by atoms with Gasteiger partial charge >= 0.3 is 11.8 Å². The van der Waals surface area contributed by atoms with Crippen LogP contribution in [0, 0.1) is 0 Å². The fourth-order valence-corrected chi connectivity index (χ4v) is 2.01. The van der Waals surface area contributed by atoms with Crippen molar-refractivity contribution in [3.8, 4) is 5.75 Å². The molecule has 0 unspecified atom stereocenters. The van der Waals surface area contributed by atoms with E-state index in [1.54, 1.807) is 17.0 Å². The van der Waals surface area contributed by atoms with Crippen LogP contribution in [-0.2, 0) is 9.59 Å². The predicted octanol–water partition coefficient (Wildman–Crippen LogP) is 1.34. The third kappa shape index (κ3) is 3.00. The van der Waals surface area contributed by atoms with Gasteiger partial charge in [-0.25, -0.2) is 0 Å². The van der Waals surface area contributed by atoms with Gasteiger partial charge in [0.1, 0.15) is 5.75 Å². The summed E-state index contributed by atoms with van der Waals surface area (Å²) in [7, 11) is 0. The van der Waals surface area contributed by atoms with Crippen molar-refractivity contribution in [1.29, 1.82) is 0 Å². The molecule has 1 fully saturated rings. The first-order valence-corrected chi connectivity index (χ1v) is 6.06. The molecule has 1 aliphatic heterocycles. The zero-order valence-corrected chi connectivity index (χ0v) is 10.1. The molecule has 0 radical (unpaired) electrons. The Morgan fingerprint density at radius 3 is 2.56 bits per heavy atom. The standard InChI is InChI=1S/C13H16N2O3/c16-11-6-4-5-10(9-11)14-12(17)13(18)15-7-2-1-3-8-15/h4-6,9,16H,1-3,7-8H2,(H,14,17). The minimum Gasteiger partial charge on any atom is -0.508 e. The second-order valence-corrected chi connectivity index (χ2v) is 4.36. The molecule has 0 saturated carbocycles. The van der Waals surface area contributed by atoms with E-state index in [1.165, 1.54) is 12.1 Å². The lowest BCUT2D eigenvalue weighted by molar-refractivity contribution is -0.143. The number of piperidine rings is 1. The summed E-state index contributed by atoms with van der Waals surface area (Å²) in [5.74, 6) is -1.10. The Balaban J connectivity index is 1.96. The van der Waals surface area contributed by atoms with Crippen molar-refractivity contribution in [2.45, 2.75) is 19.3 Å². The minimum atomic E-state index is -0.650. The molecule has 2 amide bonds. The van der Waals surface area contributed by atoms with Crippen LogP contribution in [-0.4, -0.2) is 34.9 Å². The predicted molar refractivity (Wildman–Crippen MR) is 67.2 cm³/mol. The molecule has 5 nitrogen and oxygen atoms in total. The monoisotopic (exact) mass is 248 g/mol. The Morgan fingerprint density at radius 1 is 1.17 bits per heavy atom. The summed E-state index contributed by atoms with van der Waals surface area (Å²) < 4.78 is 0. The normalized spacial score (nSPS) is 15.2. The summed E-state index contributed by atoms with van der Waals surface area (Å²) in [5.41, 5.74) is 0.422. The molecule has 0 aromatic heterocycles. The van der Waals surface area contributed by atoms with Gasteiger partial charge in [-0.1, -0.05) is 6.07 Å². The number of nitrogens with zero attached hydrogens (tertiary/aromatic N) is 1. The number of anilines is 1. The van der Waals surface area contributed by atoms with E-state index in [0.29, 0.717) is 18.8 Å². The van der Waals surface area contributed by atoms with E-state index < -0.39 is 11.8 Å². The number of carbonyl (C=O) groups is 2. The highest BCUT2D eigenvalue weighted by Gasteiger charge is 2.23. The van der Waals surface area contributed by atoms with Crippen LogP contribution in [0.2, 0.25) is 0 Å². The molecule has 1 aromatic rings. The van der Waals surface area contributed by atoms with Gasteiger partial charge in [-0.2, -0.15) is 0 Å². The van der Waals surface area contributed by atoms with Gasteiger partial charge in [-0.05, 0) is 31.4 Å². The molecule has 0 atom stereocenters.